The van der Waals surface area contributed by atoms with Gasteiger partial charge in [0.15, 0.2) is 6.61 Å². The fraction of sp³-hybridized carbons (Fsp3) is 0.308. The van der Waals surface area contributed by atoms with Crippen molar-refractivity contribution < 1.29 is 14.6 Å². The molecule has 6 heteroatoms. The van der Waals surface area contributed by atoms with Crippen LogP contribution in [0.5, 0.6) is 5.75 Å². The van der Waals surface area contributed by atoms with Crippen LogP contribution in [0, 0.1) is 0 Å². The van der Waals surface area contributed by atoms with E-state index in [2.05, 4.69) is 4.98 Å². The fourth-order valence-corrected chi connectivity index (χ4v) is 2.30. The first kappa shape index (κ1) is 11.7. The van der Waals surface area contributed by atoms with Gasteiger partial charge in [-0.3, -0.25) is 9.36 Å². The minimum absolute atomic E-state index is 0.0849. The number of carboxylic acid groups (broad SMARTS) is 1. The van der Waals surface area contributed by atoms with Gasteiger partial charge in [0.25, 0.3) is 5.56 Å². The van der Waals surface area contributed by atoms with E-state index >= 15 is 0 Å². The van der Waals surface area contributed by atoms with Gasteiger partial charge in [0, 0.05) is 13.0 Å². The van der Waals surface area contributed by atoms with Crippen LogP contribution in [0.25, 0.3) is 10.9 Å². The van der Waals surface area contributed by atoms with E-state index in [4.69, 9.17) is 9.84 Å². The average molecular weight is 260 g/mol. The normalized spacial score (nSPS) is 13.5. The maximum absolute atomic E-state index is 12.3. The van der Waals surface area contributed by atoms with Gasteiger partial charge in [-0.25, -0.2) is 9.78 Å². The van der Waals surface area contributed by atoms with Crippen molar-refractivity contribution in [3.63, 3.8) is 0 Å². The largest absolute Gasteiger partial charge is 0.482 e. The number of benzene rings is 1. The topological polar surface area (TPSA) is 81.4 Å². The zero-order valence-corrected chi connectivity index (χ0v) is 10.1. The van der Waals surface area contributed by atoms with Gasteiger partial charge in [0.05, 0.1) is 10.9 Å². The Hall–Kier alpha value is -2.37. The SMILES string of the molecule is O=C(O)COc1ccc2nc3n(c(=O)c2c1)CCC3. The average Bonchev–Trinajstić information content (AvgIpc) is 2.85. The first-order valence-corrected chi connectivity index (χ1v) is 6.03. The summed E-state index contributed by atoms with van der Waals surface area (Å²) in [4.78, 5) is 27.2. The summed E-state index contributed by atoms with van der Waals surface area (Å²) in [6.45, 7) is 0.266. The van der Waals surface area contributed by atoms with E-state index in [1.165, 1.54) is 0 Å². The Labute approximate surface area is 108 Å². The molecule has 1 aliphatic heterocycles. The highest BCUT2D eigenvalue weighted by molar-refractivity contribution is 5.79. The van der Waals surface area contributed by atoms with Crippen LogP contribution in [-0.2, 0) is 17.8 Å². The van der Waals surface area contributed by atoms with Crippen molar-refractivity contribution in [1.29, 1.82) is 0 Å². The molecule has 2 heterocycles. The van der Waals surface area contributed by atoms with Crippen LogP contribution in [0.2, 0.25) is 0 Å². The molecular weight excluding hydrogens is 248 g/mol. The summed E-state index contributed by atoms with van der Waals surface area (Å²) in [7, 11) is 0. The molecule has 0 amide bonds. The minimum Gasteiger partial charge on any atom is -0.482 e. The van der Waals surface area contributed by atoms with E-state index in [0.717, 1.165) is 18.7 Å². The molecule has 0 aliphatic carbocycles. The molecule has 1 aliphatic rings. The van der Waals surface area contributed by atoms with Gasteiger partial charge < -0.3 is 9.84 Å². The van der Waals surface area contributed by atoms with E-state index in [1.807, 2.05) is 0 Å². The molecule has 6 nitrogen and oxygen atoms in total. The highest BCUT2D eigenvalue weighted by atomic mass is 16.5. The number of carbonyl (C=O) groups is 1. The Morgan fingerprint density at radius 1 is 1.47 bits per heavy atom. The molecule has 0 atom stereocenters. The van der Waals surface area contributed by atoms with Gasteiger partial charge in [-0.1, -0.05) is 0 Å². The Morgan fingerprint density at radius 2 is 2.32 bits per heavy atom. The van der Waals surface area contributed by atoms with Crippen molar-refractivity contribution in [2.75, 3.05) is 6.61 Å². The quantitative estimate of drug-likeness (QED) is 0.883. The second-order valence-electron chi connectivity index (χ2n) is 4.45. The van der Waals surface area contributed by atoms with Crippen molar-refractivity contribution in [3.05, 3.63) is 34.4 Å². The lowest BCUT2D eigenvalue weighted by atomic mass is 10.2. The van der Waals surface area contributed by atoms with Crippen LogP contribution in [0.3, 0.4) is 0 Å². The second-order valence-corrected chi connectivity index (χ2v) is 4.45. The van der Waals surface area contributed by atoms with E-state index in [9.17, 15) is 9.59 Å². The molecule has 3 rings (SSSR count). The molecule has 1 aromatic heterocycles. The molecular formula is C13H12N2O4. The Morgan fingerprint density at radius 3 is 3.11 bits per heavy atom. The third kappa shape index (κ3) is 2.05. The van der Waals surface area contributed by atoms with Crippen LogP contribution in [-0.4, -0.2) is 27.2 Å². The summed E-state index contributed by atoms with van der Waals surface area (Å²) in [6.07, 6.45) is 1.75. The summed E-state index contributed by atoms with van der Waals surface area (Å²) >= 11 is 0. The number of nitrogens with zero attached hydrogens (tertiary/aromatic N) is 2. The number of fused-ring (bicyclic) bond motifs is 2. The standard InChI is InChI=1S/C13H12N2O4/c16-12(17)7-19-8-3-4-10-9(6-8)13(18)15-5-1-2-11(15)14-10/h3-4,6H,1-2,5,7H2,(H,16,17). The second kappa shape index (κ2) is 4.38. The molecule has 0 saturated carbocycles. The van der Waals surface area contributed by atoms with Crippen molar-refractivity contribution in [2.45, 2.75) is 19.4 Å². The van der Waals surface area contributed by atoms with Crippen LogP contribution in [0.1, 0.15) is 12.2 Å². The predicted octanol–water partition coefficient (Wildman–Crippen LogP) is 0.806. The summed E-state index contributed by atoms with van der Waals surface area (Å²) in [5.41, 5.74) is 0.541. The number of aryl methyl sites for hydroxylation is 1. The molecule has 1 N–H and O–H groups in total. The monoisotopic (exact) mass is 260 g/mol. The number of hydrogen-bond donors (Lipinski definition) is 1. The first-order valence-electron chi connectivity index (χ1n) is 6.03. The van der Waals surface area contributed by atoms with Crippen molar-refractivity contribution in [1.82, 2.24) is 9.55 Å². The Balaban J connectivity index is 2.07. The smallest absolute Gasteiger partial charge is 0.341 e. The number of rotatable bonds is 3. The van der Waals surface area contributed by atoms with Crippen molar-refractivity contribution in [2.24, 2.45) is 0 Å². The summed E-state index contributed by atoms with van der Waals surface area (Å²) < 4.78 is 6.74. The van der Waals surface area contributed by atoms with Crippen LogP contribution in [0.15, 0.2) is 23.0 Å². The van der Waals surface area contributed by atoms with Gasteiger partial charge in [-0.15, -0.1) is 0 Å². The number of aromatic nitrogens is 2. The molecule has 2 aromatic rings. The molecule has 0 fully saturated rings. The molecule has 0 bridgehead atoms. The van der Waals surface area contributed by atoms with Crippen LogP contribution in [0.4, 0.5) is 0 Å². The number of ether oxygens (including phenoxy) is 1. The van der Waals surface area contributed by atoms with Crippen LogP contribution < -0.4 is 10.3 Å². The van der Waals surface area contributed by atoms with Crippen molar-refractivity contribution in [3.8, 4) is 5.75 Å². The van der Waals surface area contributed by atoms with E-state index in [0.29, 0.717) is 23.2 Å². The summed E-state index contributed by atoms with van der Waals surface area (Å²) in [6, 6.07) is 4.87. The maximum Gasteiger partial charge on any atom is 0.341 e. The van der Waals surface area contributed by atoms with E-state index in [1.54, 1.807) is 22.8 Å². The molecule has 98 valence electrons. The lowest BCUT2D eigenvalue weighted by Crippen LogP contribution is -2.21. The predicted molar refractivity (Wildman–Crippen MR) is 67.5 cm³/mol. The maximum atomic E-state index is 12.3. The first-order chi connectivity index (χ1) is 9.15. The third-order valence-electron chi connectivity index (χ3n) is 3.15. The zero-order chi connectivity index (χ0) is 13.4. The van der Waals surface area contributed by atoms with Gasteiger partial charge in [0.2, 0.25) is 0 Å². The third-order valence-corrected chi connectivity index (χ3v) is 3.15. The summed E-state index contributed by atoms with van der Waals surface area (Å²) in [5, 5.41) is 9.03. The number of hydrogen-bond acceptors (Lipinski definition) is 4. The van der Waals surface area contributed by atoms with Gasteiger partial charge in [-0.05, 0) is 24.6 Å². The molecule has 19 heavy (non-hydrogen) atoms. The summed E-state index contributed by atoms with van der Waals surface area (Å²) in [5.74, 6) is 0.132. The van der Waals surface area contributed by atoms with Crippen LogP contribution >= 0.6 is 0 Å². The van der Waals surface area contributed by atoms with Gasteiger partial charge >= 0.3 is 5.97 Å². The molecule has 1 aromatic carbocycles. The lowest BCUT2D eigenvalue weighted by Gasteiger charge is -2.07. The van der Waals surface area contributed by atoms with E-state index < -0.39 is 12.6 Å². The Kier molecular flexibility index (Phi) is 2.70. The lowest BCUT2D eigenvalue weighted by molar-refractivity contribution is -0.139. The molecule has 0 unspecified atom stereocenters. The zero-order valence-electron chi connectivity index (χ0n) is 10.1. The van der Waals surface area contributed by atoms with Gasteiger partial charge in [-0.2, -0.15) is 0 Å². The molecule has 0 spiro atoms. The minimum atomic E-state index is -1.05. The van der Waals surface area contributed by atoms with E-state index in [-0.39, 0.29) is 5.56 Å². The fourth-order valence-electron chi connectivity index (χ4n) is 2.30. The van der Waals surface area contributed by atoms with Crippen molar-refractivity contribution >= 4 is 16.9 Å². The molecule has 0 radical (unpaired) electrons. The molecule has 0 saturated heterocycles. The number of carboxylic acids is 1. The van der Waals surface area contributed by atoms with Gasteiger partial charge in [0.1, 0.15) is 11.6 Å². The highest BCUT2D eigenvalue weighted by Gasteiger charge is 2.16. The Bertz CT molecular complexity index is 720. The number of aliphatic carboxylic acids is 1. The highest BCUT2D eigenvalue weighted by Crippen LogP contribution is 2.19.